The molecule has 0 saturated carbocycles. The van der Waals surface area contributed by atoms with Crippen molar-refractivity contribution in [1.82, 2.24) is 5.32 Å². The number of hydrogen-bond acceptors (Lipinski definition) is 2. The van der Waals surface area contributed by atoms with Gasteiger partial charge in [-0.15, -0.1) is 0 Å². The molecule has 0 fully saturated rings. The van der Waals surface area contributed by atoms with Crippen LogP contribution in [0.5, 0.6) is 0 Å². The van der Waals surface area contributed by atoms with Crippen LogP contribution < -0.4 is 10.2 Å². The Morgan fingerprint density at radius 1 is 0.929 bits per heavy atom. The van der Waals surface area contributed by atoms with E-state index in [2.05, 4.69) is 5.32 Å². The summed E-state index contributed by atoms with van der Waals surface area (Å²) >= 11 is 0. The van der Waals surface area contributed by atoms with E-state index in [4.69, 9.17) is 0 Å². The van der Waals surface area contributed by atoms with Crippen LogP contribution in [0.15, 0.2) is 72.8 Å². The lowest BCUT2D eigenvalue weighted by molar-refractivity contribution is 0.0948. The average molecular weight is 374 g/mol. The highest BCUT2D eigenvalue weighted by atomic mass is 19.1. The maximum Gasteiger partial charge on any atom is 0.258 e. The number of carbonyl (C=O) groups excluding carboxylic acids is 2. The molecule has 0 spiro atoms. The Labute approximate surface area is 162 Å². The van der Waals surface area contributed by atoms with Crippen molar-refractivity contribution in [3.63, 3.8) is 0 Å². The van der Waals surface area contributed by atoms with Gasteiger partial charge < -0.3 is 10.2 Å². The van der Waals surface area contributed by atoms with E-state index in [1.807, 2.05) is 48.5 Å². The molecule has 1 aliphatic rings. The normalized spacial score (nSPS) is 12.5. The van der Waals surface area contributed by atoms with Crippen LogP contribution in [0.25, 0.3) is 0 Å². The van der Waals surface area contributed by atoms with Gasteiger partial charge in [-0.3, -0.25) is 9.59 Å². The molecule has 3 aromatic carbocycles. The average Bonchev–Trinajstić information content (AvgIpc) is 3.15. The summed E-state index contributed by atoms with van der Waals surface area (Å²) in [6.07, 6.45) is 0.809. The number of rotatable bonds is 4. The molecule has 4 nitrogen and oxygen atoms in total. The Morgan fingerprint density at radius 2 is 1.71 bits per heavy atom. The van der Waals surface area contributed by atoms with Gasteiger partial charge in [-0.1, -0.05) is 36.4 Å². The molecule has 4 rings (SSSR count). The summed E-state index contributed by atoms with van der Waals surface area (Å²) < 4.78 is 13.3. The number of hydrogen-bond donors (Lipinski definition) is 1. The van der Waals surface area contributed by atoms with Crippen molar-refractivity contribution in [1.29, 1.82) is 0 Å². The van der Waals surface area contributed by atoms with Crippen LogP contribution in [0.1, 0.15) is 31.8 Å². The van der Waals surface area contributed by atoms with Crippen LogP contribution in [0, 0.1) is 5.82 Å². The molecule has 1 aliphatic heterocycles. The number of halogens is 1. The Morgan fingerprint density at radius 3 is 2.50 bits per heavy atom. The van der Waals surface area contributed by atoms with Crippen LogP contribution in [0.4, 0.5) is 10.1 Å². The van der Waals surface area contributed by atoms with Gasteiger partial charge in [-0.05, 0) is 53.9 Å². The number of nitrogens with one attached hydrogen (secondary N) is 1. The molecule has 5 heteroatoms. The van der Waals surface area contributed by atoms with Crippen molar-refractivity contribution >= 4 is 17.5 Å². The smallest absolute Gasteiger partial charge is 0.258 e. The lowest BCUT2D eigenvalue weighted by Gasteiger charge is -2.18. The molecule has 0 radical (unpaired) electrons. The van der Waals surface area contributed by atoms with Gasteiger partial charge >= 0.3 is 0 Å². The van der Waals surface area contributed by atoms with Gasteiger partial charge in [0.25, 0.3) is 11.8 Å². The largest absolute Gasteiger partial charge is 0.348 e. The highest BCUT2D eigenvalue weighted by molar-refractivity contribution is 6.07. The molecule has 0 atom stereocenters. The van der Waals surface area contributed by atoms with Crippen LogP contribution in [0.2, 0.25) is 0 Å². The number of fused-ring (bicyclic) bond motifs is 1. The van der Waals surface area contributed by atoms with E-state index in [0.717, 1.165) is 23.2 Å². The quantitative estimate of drug-likeness (QED) is 0.752. The molecular weight excluding hydrogens is 355 g/mol. The van der Waals surface area contributed by atoms with Gasteiger partial charge in [-0.2, -0.15) is 0 Å². The van der Waals surface area contributed by atoms with E-state index in [9.17, 15) is 14.0 Å². The Hall–Kier alpha value is -3.47. The number of amides is 2. The molecule has 3 aromatic rings. The Bertz CT molecular complexity index is 1030. The fraction of sp³-hybridized carbons (Fsp3) is 0.130. The minimum atomic E-state index is -0.444. The Balaban J connectivity index is 1.49. The van der Waals surface area contributed by atoms with Crippen molar-refractivity contribution in [2.75, 3.05) is 11.4 Å². The van der Waals surface area contributed by atoms with E-state index in [1.165, 1.54) is 18.2 Å². The maximum atomic E-state index is 13.3. The van der Waals surface area contributed by atoms with Gasteiger partial charge in [0.05, 0.1) is 0 Å². The summed E-state index contributed by atoms with van der Waals surface area (Å²) in [7, 11) is 0. The fourth-order valence-corrected chi connectivity index (χ4v) is 3.40. The van der Waals surface area contributed by atoms with E-state index in [-0.39, 0.29) is 17.4 Å². The zero-order valence-corrected chi connectivity index (χ0v) is 15.2. The molecule has 0 aliphatic carbocycles. The van der Waals surface area contributed by atoms with E-state index in [1.54, 1.807) is 11.0 Å². The van der Waals surface area contributed by atoms with Crippen molar-refractivity contribution in [3.05, 3.63) is 101 Å². The zero-order chi connectivity index (χ0) is 19.5. The third-order valence-electron chi connectivity index (χ3n) is 4.85. The van der Waals surface area contributed by atoms with Gasteiger partial charge in [0.15, 0.2) is 0 Å². The zero-order valence-electron chi connectivity index (χ0n) is 15.2. The Kier molecular flexibility index (Phi) is 4.89. The van der Waals surface area contributed by atoms with E-state index < -0.39 is 5.82 Å². The molecular formula is C23H19FN2O2. The van der Waals surface area contributed by atoms with Crippen LogP contribution >= 0.6 is 0 Å². The second-order valence-corrected chi connectivity index (χ2v) is 6.73. The van der Waals surface area contributed by atoms with Crippen molar-refractivity contribution in [2.24, 2.45) is 0 Å². The highest BCUT2D eigenvalue weighted by Crippen LogP contribution is 2.30. The molecule has 140 valence electrons. The van der Waals surface area contributed by atoms with E-state index in [0.29, 0.717) is 18.7 Å². The first kappa shape index (κ1) is 17.9. The summed E-state index contributed by atoms with van der Waals surface area (Å²) in [5.74, 6) is -0.808. The van der Waals surface area contributed by atoms with Crippen LogP contribution in [0.3, 0.4) is 0 Å². The predicted molar refractivity (Wildman–Crippen MR) is 106 cm³/mol. The van der Waals surface area contributed by atoms with E-state index >= 15 is 0 Å². The van der Waals surface area contributed by atoms with Crippen LogP contribution in [-0.4, -0.2) is 18.4 Å². The number of benzene rings is 3. The first-order chi connectivity index (χ1) is 13.6. The van der Waals surface area contributed by atoms with Gasteiger partial charge in [0.1, 0.15) is 5.82 Å². The van der Waals surface area contributed by atoms with Gasteiger partial charge in [-0.25, -0.2) is 4.39 Å². The maximum absolute atomic E-state index is 13.3. The number of nitrogens with zero attached hydrogens (tertiary/aromatic N) is 1. The highest BCUT2D eigenvalue weighted by Gasteiger charge is 2.25. The monoisotopic (exact) mass is 374 g/mol. The number of anilines is 1. The molecule has 0 saturated heterocycles. The third-order valence-corrected chi connectivity index (χ3v) is 4.85. The van der Waals surface area contributed by atoms with Crippen LogP contribution in [-0.2, 0) is 13.0 Å². The summed E-state index contributed by atoms with van der Waals surface area (Å²) in [6, 6.07) is 20.7. The number of carbonyl (C=O) groups is 2. The fourth-order valence-electron chi connectivity index (χ4n) is 3.40. The minimum Gasteiger partial charge on any atom is -0.348 e. The molecule has 1 heterocycles. The standard InChI is InChI=1S/C23H19FN2O2/c24-20-8-4-7-19(14-20)22(27)25-15-16-9-10-17-11-12-26(21(17)13-16)23(28)18-5-2-1-3-6-18/h1-10,13-14H,11-12,15H2,(H,25,27). The summed E-state index contributed by atoms with van der Waals surface area (Å²) in [4.78, 5) is 26.8. The lowest BCUT2D eigenvalue weighted by atomic mass is 10.1. The molecule has 0 unspecified atom stereocenters. The first-order valence-electron chi connectivity index (χ1n) is 9.14. The molecule has 1 N–H and O–H groups in total. The second kappa shape index (κ2) is 7.64. The molecule has 0 aromatic heterocycles. The first-order valence-corrected chi connectivity index (χ1v) is 9.14. The minimum absolute atomic E-state index is 0.0275. The van der Waals surface area contributed by atoms with Crippen molar-refractivity contribution < 1.29 is 14.0 Å². The summed E-state index contributed by atoms with van der Waals surface area (Å²) in [5, 5.41) is 2.80. The molecule has 28 heavy (non-hydrogen) atoms. The molecule has 0 bridgehead atoms. The predicted octanol–water partition coefficient (Wildman–Crippen LogP) is 3.96. The topological polar surface area (TPSA) is 49.4 Å². The van der Waals surface area contributed by atoms with Crippen molar-refractivity contribution in [3.8, 4) is 0 Å². The van der Waals surface area contributed by atoms with Gasteiger partial charge in [0.2, 0.25) is 0 Å². The van der Waals surface area contributed by atoms with Gasteiger partial charge in [0, 0.05) is 29.9 Å². The van der Waals surface area contributed by atoms with Crippen molar-refractivity contribution in [2.45, 2.75) is 13.0 Å². The lowest BCUT2D eigenvalue weighted by Crippen LogP contribution is -2.29. The summed E-state index contributed by atoms with van der Waals surface area (Å²) in [6.45, 7) is 0.943. The second-order valence-electron chi connectivity index (χ2n) is 6.73. The summed E-state index contributed by atoms with van der Waals surface area (Å²) in [5.41, 5.74) is 3.81. The molecule has 2 amide bonds. The third kappa shape index (κ3) is 3.64. The SMILES string of the molecule is O=C(NCc1ccc2c(c1)N(C(=O)c1ccccc1)CC2)c1cccc(F)c1.